The minimum absolute atomic E-state index is 0.290. The SMILES string of the molecule is CCCCOCCN(CCOc1ccc(CC(OCC)C(=O)O)cc1)C(=O)OCCC. The Bertz CT molecular complexity index is 621. The molecule has 1 aromatic rings. The number of rotatable bonds is 17. The van der Waals surface area contributed by atoms with Crippen molar-refractivity contribution in [3.63, 3.8) is 0 Å². The number of ether oxygens (including phenoxy) is 4. The molecule has 1 unspecified atom stereocenters. The summed E-state index contributed by atoms with van der Waals surface area (Å²) in [5, 5.41) is 9.19. The highest BCUT2D eigenvalue weighted by molar-refractivity contribution is 5.72. The van der Waals surface area contributed by atoms with E-state index in [2.05, 4.69) is 6.92 Å². The summed E-state index contributed by atoms with van der Waals surface area (Å²) in [6.45, 7) is 8.83. The molecule has 1 rings (SSSR count). The van der Waals surface area contributed by atoms with Crippen LogP contribution in [0.1, 0.15) is 45.6 Å². The number of aliphatic carboxylic acids is 1. The van der Waals surface area contributed by atoms with Crippen molar-refractivity contribution < 1.29 is 33.6 Å². The number of nitrogens with zero attached hydrogens (tertiary/aromatic N) is 1. The molecule has 1 aromatic carbocycles. The molecule has 0 aromatic heterocycles. The van der Waals surface area contributed by atoms with Crippen LogP contribution in [-0.4, -0.2) is 74.3 Å². The summed E-state index contributed by atoms with van der Waals surface area (Å²) in [6, 6.07) is 7.21. The molecule has 176 valence electrons. The predicted molar refractivity (Wildman–Crippen MR) is 118 cm³/mol. The van der Waals surface area contributed by atoms with Gasteiger partial charge < -0.3 is 29.0 Å². The molecule has 0 saturated carbocycles. The third-order valence-corrected chi connectivity index (χ3v) is 4.45. The minimum atomic E-state index is -0.976. The van der Waals surface area contributed by atoms with E-state index in [0.717, 1.165) is 24.8 Å². The number of carboxylic acids is 1. The number of carbonyl (C=O) groups is 2. The van der Waals surface area contributed by atoms with Gasteiger partial charge in [-0.15, -0.1) is 0 Å². The molecule has 8 nitrogen and oxygen atoms in total. The van der Waals surface area contributed by atoms with Crippen LogP contribution in [0.25, 0.3) is 0 Å². The normalized spacial score (nSPS) is 11.7. The van der Waals surface area contributed by atoms with Gasteiger partial charge in [-0.05, 0) is 37.5 Å². The second-order valence-electron chi connectivity index (χ2n) is 7.05. The van der Waals surface area contributed by atoms with Crippen LogP contribution in [0, 0.1) is 0 Å². The van der Waals surface area contributed by atoms with E-state index in [1.807, 2.05) is 19.1 Å². The highest BCUT2D eigenvalue weighted by atomic mass is 16.6. The Morgan fingerprint density at radius 2 is 1.68 bits per heavy atom. The standard InChI is InChI=1S/C23H37NO7/c1-4-7-15-28-16-12-24(23(27)31-14-5-2)13-17-30-20-10-8-19(9-11-20)18-21(22(25)26)29-6-3/h8-11,21H,4-7,12-18H2,1-3H3,(H,25,26). The zero-order valence-corrected chi connectivity index (χ0v) is 19.0. The average Bonchev–Trinajstić information content (AvgIpc) is 2.76. The first-order chi connectivity index (χ1) is 15.0. The molecule has 0 aliphatic heterocycles. The fourth-order valence-electron chi connectivity index (χ4n) is 2.73. The highest BCUT2D eigenvalue weighted by Crippen LogP contribution is 2.15. The molecule has 0 bridgehead atoms. The molecular weight excluding hydrogens is 402 g/mol. The summed E-state index contributed by atoms with van der Waals surface area (Å²) in [5.74, 6) is -0.330. The van der Waals surface area contributed by atoms with E-state index in [1.54, 1.807) is 24.0 Å². The van der Waals surface area contributed by atoms with Crippen molar-refractivity contribution in [2.45, 2.75) is 52.6 Å². The van der Waals surface area contributed by atoms with E-state index in [4.69, 9.17) is 18.9 Å². The Kier molecular flexibility index (Phi) is 14.1. The Balaban J connectivity index is 2.51. The van der Waals surface area contributed by atoms with E-state index in [-0.39, 0.29) is 6.09 Å². The quantitative estimate of drug-likeness (QED) is 0.369. The lowest BCUT2D eigenvalue weighted by molar-refractivity contribution is -0.149. The van der Waals surface area contributed by atoms with E-state index >= 15 is 0 Å². The van der Waals surface area contributed by atoms with Gasteiger partial charge in [0, 0.05) is 26.2 Å². The fourth-order valence-corrected chi connectivity index (χ4v) is 2.73. The smallest absolute Gasteiger partial charge is 0.409 e. The molecule has 0 radical (unpaired) electrons. The number of unbranched alkanes of at least 4 members (excludes halogenated alkanes) is 1. The third-order valence-electron chi connectivity index (χ3n) is 4.45. The molecule has 0 aliphatic rings. The predicted octanol–water partition coefficient (Wildman–Crippen LogP) is 3.76. The molecule has 1 N–H and O–H groups in total. The molecule has 0 spiro atoms. The number of benzene rings is 1. The van der Waals surface area contributed by atoms with Crippen LogP contribution in [0.5, 0.6) is 5.75 Å². The van der Waals surface area contributed by atoms with Crippen LogP contribution in [0.15, 0.2) is 24.3 Å². The largest absolute Gasteiger partial charge is 0.492 e. The van der Waals surface area contributed by atoms with Crippen molar-refractivity contribution in [1.82, 2.24) is 4.90 Å². The van der Waals surface area contributed by atoms with E-state index in [0.29, 0.717) is 58.3 Å². The Morgan fingerprint density at radius 3 is 2.29 bits per heavy atom. The summed E-state index contributed by atoms with van der Waals surface area (Å²) in [5.41, 5.74) is 0.849. The van der Waals surface area contributed by atoms with Crippen molar-refractivity contribution in [1.29, 1.82) is 0 Å². The second-order valence-corrected chi connectivity index (χ2v) is 7.05. The summed E-state index contributed by atoms with van der Waals surface area (Å²) in [7, 11) is 0. The van der Waals surface area contributed by atoms with Gasteiger partial charge in [0.05, 0.1) is 19.8 Å². The van der Waals surface area contributed by atoms with Crippen molar-refractivity contribution in [3.8, 4) is 5.75 Å². The Hall–Kier alpha value is -2.32. The van der Waals surface area contributed by atoms with Crippen LogP contribution in [0.4, 0.5) is 4.79 Å². The van der Waals surface area contributed by atoms with Crippen LogP contribution in [0.2, 0.25) is 0 Å². The Morgan fingerprint density at radius 1 is 0.968 bits per heavy atom. The molecule has 8 heteroatoms. The fraction of sp³-hybridized carbons (Fsp3) is 0.652. The number of carboxylic acid groups (broad SMARTS) is 1. The van der Waals surface area contributed by atoms with E-state index < -0.39 is 12.1 Å². The van der Waals surface area contributed by atoms with Crippen LogP contribution < -0.4 is 4.74 Å². The molecule has 0 fully saturated rings. The van der Waals surface area contributed by atoms with Gasteiger partial charge in [0.25, 0.3) is 0 Å². The number of hydrogen-bond acceptors (Lipinski definition) is 6. The lowest BCUT2D eigenvalue weighted by atomic mass is 10.1. The zero-order valence-electron chi connectivity index (χ0n) is 19.0. The summed E-state index contributed by atoms with van der Waals surface area (Å²) in [4.78, 5) is 25.1. The monoisotopic (exact) mass is 439 g/mol. The van der Waals surface area contributed by atoms with Crippen LogP contribution >= 0.6 is 0 Å². The highest BCUT2D eigenvalue weighted by Gasteiger charge is 2.18. The first-order valence-corrected chi connectivity index (χ1v) is 11.1. The summed E-state index contributed by atoms with van der Waals surface area (Å²) < 4.78 is 21.8. The van der Waals surface area contributed by atoms with Gasteiger partial charge in [0.1, 0.15) is 12.4 Å². The zero-order chi connectivity index (χ0) is 22.9. The molecule has 1 atom stereocenters. The maximum absolute atomic E-state index is 12.3. The maximum atomic E-state index is 12.3. The Labute approximate surface area is 185 Å². The topological polar surface area (TPSA) is 94.5 Å². The lowest BCUT2D eigenvalue weighted by Crippen LogP contribution is -2.37. The van der Waals surface area contributed by atoms with Gasteiger partial charge >= 0.3 is 12.1 Å². The van der Waals surface area contributed by atoms with Gasteiger partial charge in [-0.25, -0.2) is 9.59 Å². The summed E-state index contributed by atoms with van der Waals surface area (Å²) >= 11 is 0. The van der Waals surface area contributed by atoms with Gasteiger partial charge in [0.2, 0.25) is 0 Å². The number of amides is 1. The molecular formula is C23H37NO7. The van der Waals surface area contributed by atoms with Crippen LogP contribution in [-0.2, 0) is 25.4 Å². The minimum Gasteiger partial charge on any atom is -0.492 e. The second kappa shape index (κ2) is 16.4. The molecule has 0 heterocycles. The van der Waals surface area contributed by atoms with Gasteiger partial charge in [-0.3, -0.25) is 0 Å². The first kappa shape index (κ1) is 26.7. The van der Waals surface area contributed by atoms with Crippen LogP contribution in [0.3, 0.4) is 0 Å². The average molecular weight is 440 g/mol. The van der Waals surface area contributed by atoms with E-state index in [1.165, 1.54) is 0 Å². The van der Waals surface area contributed by atoms with Gasteiger partial charge in [-0.1, -0.05) is 32.4 Å². The molecule has 0 aliphatic carbocycles. The van der Waals surface area contributed by atoms with Crippen molar-refractivity contribution in [3.05, 3.63) is 29.8 Å². The molecule has 31 heavy (non-hydrogen) atoms. The summed E-state index contributed by atoms with van der Waals surface area (Å²) in [6.07, 6.45) is 1.89. The van der Waals surface area contributed by atoms with Crippen molar-refractivity contribution in [2.75, 3.05) is 46.1 Å². The number of hydrogen-bond donors (Lipinski definition) is 1. The molecule has 0 saturated heterocycles. The number of carbonyl (C=O) groups excluding carboxylic acids is 1. The van der Waals surface area contributed by atoms with Crippen molar-refractivity contribution >= 4 is 12.1 Å². The third kappa shape index (κ3) is 11.6. The van der Waals surface area contributed by atoms with Crippen molar-refractivity contribution in [2.24, 2.45) is 0 Å². The van der Waals surface area contributed by atoms with Gasteiger partial charge in [-0.2, -0.15) is 0 Å². The maximum Gasteiger partial charge on any atom is 0.409 e. The van der Waals surface area contributed by atoms with E-state index in [9.17, 15) is 14.7 Å². The first-order valence-electron chi connectivity index (χ1n) is 11.1. The van der Waals surface area contributed by atoms with Gasteiger partial charge in [0.15, 0.2) is 6.10 Å². The molecule has 1 amide bonds. The lowest BCUT2D eigenvalue weighted by Gasteiger charge is -2.22.